The molecule has 0 amide bonds. The van der Waals surface area contributed by atoms with Gasteiger partial charge in [-0.1, -0.05) is 41.5 Å². The predicted octanol–water partition coefficient (Wildman–Crippen LogP) is 0.452. The molecule has 0 spiro atoms. The summed E-state index contributed by atoms with van der Waals surface area (Å²) in [5.41, 5.74) is 0. The minimum absolute atomic E-state index is 0. The topological polar surface area (TPSA) is 232 Å². The van der Waals surface area contributed by atoms with E-state index in [0.29, 0.717) is 0 Å². The Labute approximate surface area is 193 Å². The Bertz CT molecular complexity index is 502. The average Bonchev–Trinajstić information content (AvgIpc) is 2.50. The molecule has 0 aliphatic rings. The molecule has 31 heavy (non-hydrogen) atoms. The molecule has 0 aliphatic heterocycles. The van der Waals surface area contributed by atoms with Crippen molar-refractivity contribution >= 4 is 39.5 Å². The highest BCUT2D eigenvalue weighted by atomic mass is 32.2. The van der Waals surface area contributed by atoms with Crippen LogP contribution in [0.2, 0.25) is 0 Å². The molecule has 0 rings (SSSR count). The second-order valence-corrected chi connectivity index (χ2v) is 12.6. The highest BCUT2D eigenvalue weighted by Crippen LogP contribution is 1.71. The van der Waals surface area contributed by atoms with Crippen molar-refractivity contribution in [1.29, 1.82) is 0 Å². The van der Waals surface area contributed by atoms with Gasteiger partial charge < -0.3 is 20.8 Å². The summed E-state index contributed by atoms with van der Waals surface area (Å²) in [5.74, 6) is 0. The van der Waals surface area contributed by atoms with Gasteiger partial charge in [0, 0.05) is 58.0 Å². The molecule has 5 N–H and O–H groups in total. The zero-order chi connectivity index (χ0) is 28.0. The van der Waals surface area contributed by atoms with Crippen LogP contribution in [0.1, 0.15) is 41.5 Å². The lowest BCUT2D eigenvalue weighted by molar-refractivity contribution is 0.399. The Balaban J connectivity index is -0.0000000207. The van der Waals surface area contributed by atoms with Crippen molar-refractivity contribution in [2.24, 2.45) is 0 Å². The summed E-state index contributed by atoms with van der Waals surface area (Å²) < 4.78 is 76.4. The fourth-order valence-electron chi connectivity index (χ4n) is 0. The fraction of sp³-hybridized carbons (Fsp3) is 1.00. The van der Waals surface area contributed by atoms with Gasteiger partial charge in [0.25, 0.3) is 0 Å². The number of nitrogens with one attached hydrogen (secondary N) is 1. The molecule has 0 radical (unpaired) electrons. The van der Waals surface area contributed by atoms with Gasteiger partial charge in [0.1, 0.15) is 29.5 Å². The number of hydrogen-bond donors (Lipinski definition) is 2. The van der Waals surface area contributed by atoms with Crippen LogP contribution in [-0.2, 0) is 39.5 Å². The second-order valence-electron chi connectivity index (χ2n) is 4.20. The van der Waals surface area contributed by atoms with Crippen molar-refractivity contribution in [2.75, 3.05) is 58.0 Å². The highest BCUT2D eigenvalue weighted by molar-refractivity contribution is 7.92. The molecule has 0 aromatic carbocycles. The summed E-state index contributed by atoms with van der Waals surface area (Å²) in [6.45, 7) is 12.0. The van der Waals surface area contributed by atoms with Gasteiger partial charge in [0.05, 0.1) is 10.0 Å². The van der Waals surface area contributed by atoms with Gasteiger partial charge in [0.2, 0.25) is 0 Å². The van der Waals surface area contributed by atoms with Gasteiger partial charge in [-0.2, -0.15) is 0 Å². The minimum Gasteiger partial charge on any atom is -0.564 e. The summed E-state index contributed by atoms with van der Waals surface area (Å²) in [6, 6.07) is 0. The maximum Gasteiger partial charge on any atom is 0.144 e. The fourth-order valence-corrected chi connectivity index (χ4v) is 0. The molecule has 0 aromatic heterocycles. The van der Waals surface area contributed by atoms with Crippen molar-refractivity contribution < 1.29 is 49.4 Å². The van der Waals surface area contributed by atoms with Gasteiger partial charge in [-0.3, -0.25) is 0 Å². The molecular formula is C15H50NO11S4-. The van der Waals surface area contributed by atoms with Crippen LogP contribution in [0.15, 0.2) is 0 Å². The van der Waals surface area contributed by atoms with E-state index in [2.05, 4.69) is 0 Å². The monoisotopic (exact) mass is 548 g/mol. The highest BCUT2D eigenvalue weighted by Gasteiger charge is 1.80. The lowest BCUT2D eigenvalue weighted by Crippen LogP contribution is -1.86. The molecule has 0 atom stereocenters. The Morgan fingerprint density at radius 3 is 0.419 bits per heavy atom. The molecule has 0 fully saturated rings. The molecule has 0 heterocycles. The van der Waals surface area contributed by atoms with E-state index in [1.54, 1.807) is 0 Å². The third kappa shape index (κ3) is 175000. The van der Waals surface area contributed by atoms with Crippen LogP contribution in [0.25, 0.3) is 5.14 Å². The first-order valence-corrected chi connectivity index (χ1v) is 17.1. The first kappa shape index (κ1) is 63.2. The van der Waals surface area contributed by atoms with Crippen LogP contribution < -0.4 is 0 Å². The summed E-state index contributed by atoms with van der Waals surface area (Å²) in [6.07, 6.45) is 7.78. The van der Waals surface area contributed by atoms with E-state index >= 15 is 0 Å². The maximum atomic E-state index is 9.63. The van der Waals surface area contributed by atoms with E-state index in [1.165, 1.54) is 0 Å². The quantitative estimate of drug-likeness (QED) is 0.424. The second kappa shape index (κ2) is 43.5. The van der Waals surface area contributed by atoms with Crippen molar-refractivity contribution in [3.8, 4) is 0 Å². The summed E-state index contributed by atoms with van der Waals surface area (Å²) in [7, 11) is -9.42. The van der Waals surface area contributed by atoms with Crippen molar-refractivity contribution in [3.05, 3.63) is 5.14 Å². The van der Waals surface area contributed by atoms with Crippen molar-refractivity contribution in [3.63, 3.8) is 0 Å². The molecule has 16 heteroatoms. The SMILES string of the molecule is CC.CC.CC.CO.CO.CS(C)(=O)=O.CS(C)(=O)=O.CS(C)(=O)=O.CS([NH-])(=O)=O.O. The van der Waals surface area contributed by atoms with E-state index in [-0.39, 0.29) is 5.48 Å². The average molecular weight is 549 g/mol. The van der Waals surface area contributed by atoms with Gasteiger partial charge in [-0.15, -0.1) is 0 Å². The summed E-state index contributed by atoms with van der Waals surface area (Å²) in [5, 5.41) is 19.9. The van der Waals surface area contributed by atoms with Crippen molar-refractivity contribution in [1.82, 2.24) is 0 Å². The van der Waals surface area contributed by atoms with E-state index < -0.39 is 39.5 Å². The van der Waals surface area contributed by atoms with Gasteiger partial charge in [-0.05, 0) is 0 Å². The van der Waals surface area contributed by atoms with Crippen LogP contribution in [0.5, 0.6) is 0 Å². The minimum atomic E-state index is -3.42. The molecule has 206 valence electrons. The third-order valence-corrected chi connectivity index (χ3v) is 0. The Morgan fingerprint density at radius 2 is 0.419 bits per heavy atom. The Morgan fingerprint density at radius 1 is 0.419 bits per heavy atom. The van der Waals surface area contributed by atoms with Crippen LogP contribution >= 0.6 is 0 Å². The molecule has 0 aliphatic carbocycles. The molecular weight excluding hydrogens is 498 g/mol. The Kier molecular flexibility index (Phi) is 88.7. The Hall–Kier alpha value is -0.360. The third-order valence-electron chi connectivity index (χ3n) is 0. The zero-order valence-electron chi connectivity index (χ0n) is 21.8. The van der Waals surface area contributed by atoms with E-state index in [4.69, 9.17) is 15.4 Å². The number of hydrogen-bond acceptors (Lipinski definition) is 10. The number of aliphatic hydroxyl groups excluding tert-OH is 2. The van der Waals surface area contributed by atoms with E-state index in [1.807, 2.05) is 41.5 Å². The molecule has 0 saturated carbocycles. The molecule has 0 saturated heterocycles. The molecule has 0 bridgehead atoms. The number of rotatable bonds is 0. The van der Waals surface area contributed by atoms with Gasteiger partial charge in [-0.25, -0.2) is 33.7 Å². The number of sulfonamides is 1. The largest absolute Gasteiger partial charge is 0.564 e. The smallest absolute Gasteiger partial charge is 0.144 e. The number of sulfone groups is 3. The van der Waals surface area contributed by atoms with Crippen LogP contribution in [0.4, 0.5) is 0 Å². The van der Waals surface area contributed by atoms with Gasteiger partial charge in [0.15, 0.2) is 0 Å². The molecule has 0 aromatic rings. The van der Waals surface area contributed by atoms with Crippen LogP contribution in [-0.4, -0.2) is 107 Å². The normalized spacial score (nSPS) is 8.45. The molecule has 0 unspecified atom stereocenters. The summed E-state index contributed by atoms with van der Waals surface area (Å²) in [4.78, 5) is 0. The lowest BCUT2D eigenvalue weighted by Gasteiger charge is -1.86. The first-order chi connectivity index (χ1) is 13.0. The van der Waals surface area contributed by atoms with E-state index in [9.17, 15) is 33.7 Å². The van der Waals surface area contributed by atoms with E-state index in [0.717, 1.165) is 58.0 Å². The predicted molar refractivity (Wildman–Crippen MR) is 135 cm³/mol. The van der Waals surface area contributed by atoms with Crippen LogP contribution in [0, 0.1) is 0 Å². The number of aliphatic hydroxyl groups is 2. The zero-order valence-corrected chi connectivity index (χ0v) is 25.1. The maximum absolute atomic E-state index is 9.63. The van der Waals surface area contributed by atoms with Crippen molar-refractivity contribution in [2.45, 2.75) is 41.5 Å². The lowest BCUT2D eigenvalue weighted by atomic mass is 11.0. The van der Waals surface area contributed by atoms with Gasteiger partial charge >= 0.3 is 0 Å². The standard InChI is InChI=1S/3C2H6O2S.3C2H6.CH4NO2S.2CH4O.H2O/c3*1-5(2,3)4;3*1-2;1-5(2,3)4;2*1-2;/h3*1-2H3;3*1-2H3;1H3,(H-,2,3,4);2*2H,1H3;1H2/q;;;;;;-1;;;. The molecule has 12 nitrogen and oxygen atoms in total. The first-order valence-electron chi connectivity index (χ1n) is 8.29. The van der Waals surface area contributed by atoms with Crippen LogP contribution in [0.3, 0.4) is 0 Å². The summed E-state index contributed by atoms with van der Waals surface area (Å²) >= 11 is 0.